The highest BCUT2D eigenvalue weighted by Gasteiger charge is 2.22. The molecule has 1 unspecified atom stereocenters. The van der Waals surface area contributed by atoms with Gasteiger partial charge in [0.1, 0.15) is 5.75 Å². The molecule has 1 heterocycles. The van der Waals surface area contributed by atoms with Gasteiger partial charge in [0.05, 0.1) is 6.61 Å². The largest absolute Gasteiger partial charge is 0.494 e. The first-order valence-electron chi connectivity index (χ1n) is 10.0. The highest BCUT2D eigenvalue weighted by atomic mass is 16.5. The number of likely N-dealkylation sites (tertiary alicyclic amines) is 1. The highest BCUT2D eigenvalue weighted by molar-refractivity contribution is 5.75. The minimum absolute atomic E-state index is 0.115. The van der Waals surface area contributed by atoms with E-state index in [0.29, 0.717) is 25.6 Å². The van der Waals surface area contributed by atoms with Crippen LogP contribution < -0.4 is 10.1 Å². The molecule has 0 bridgehead atoms. The predicted molar refractivity (Wildman–Crippen MR) is 109 cm³/mol. The van der Waals surface area contributed by atoms with E-state index >= 15 is 0 Å². The number of carbonyl (C=O) groups excluding carboxylic acids is 1. The summed E-state index contributed by atoms with van der Waals surface area (Å²) in [4.78, 5) is 14.8. The molecule has 4 nitrogen and oxygen atoms in total. The molecule has 1 N–H and O–H groups in total. The standard InChI is InChI=1S/C23H30N2O2/c26-23(14-9-17-27-22-12-5-2-6-13-22)24-19-21(25-15-7-8-16-25)18-20-10-3-1-4-11-20/h1-6,10-13,21H,7-9,14-19H2,(H,24,26). The number of nitrogens with one attached hydrogen (secondary N) is 1. The fraction of sp³-hybridized carbons (Fsp3) is 0.435. The van der Waals surface area contributed by atoms with Crippen LogP contribution in [0.4, 0.5) is 0 Å². The molecule has 3 rings (SSSR count). The average molecular weight is 367 g/mol. The molecule has 0 aliphatic carbocycles. The molecule has 1 fully saturated rings. The molecule has 1 aliphatic heterocycles. The second-order valence-corrected chi connectivity index (χ2v) is 7.16. The molecule has 27 heavy (non-hydrogen) atoms. The van der Waals surface area contributed by atoms with Crippen LogP contribution in [0.15, 0.2) is 60.7 Å². The SMILES string of the molecule is O=C(CCCOc1ccccc1)NCC(Cc1ccccc1)N1CCCC1. The molecule has 1 saturated heterocycles. The zero-order valence-corrected chi connectivity index (χ0v) is 16.0. The number of amides is 1. The van der Waals surface area contributed by atoms with Crippen molar-refractivity contribution in [3.63, 3.8) is 0 Å². The fourth-order valence-electron chi connectivity index (χ4n) is 3.58. The van der Waals surface area contributed by atoms with Gasteiger partial charge in [-0.1, -0.05) is 48.5 Å². The molecule has 4 heteroatoms. The van der Waals surface area contributed by atoms with Crippen LogP contribution in [-0.4, -0.2) is 43.1 Å². The van der Waals surface area contributed by atoms with Crippen LogP contribution in [0.3, 0.4) is 0 Å². The first-order chi connectivity index (χ1) is 13.3. The van der Waals surface area contributed by atoms with E-state index in [1.165, 1.54) is 18.4 Å². The van der Waals surface area contributed by atoms with E-state index in [1.807, 2.05) is 36.4 Å². The second kappa shape index (κ2) is 10.7. The quantitative estimate of drug-likeness (QED) is 0.653. The Morgan fingerprint density at radius 2 is 1.67 bits per heavy atom. The second-order valence-electron chi connectivity index (χ2n) is 7.16. The summed E-state index contributed by atoms with van der Waals surface area (Å²) in [5, 5.41) is 3.14. The Morgan fingerprint density at radius 1 is 1.00 bits per heavy atom. The van der Waals surface area contributed by atoms with Crippen molar-refractivity contribution in [1.82, 2.24) is 10.2 Å². The number of benzene rings is 2. The third kappa shape index (κ3) is 6.72. The predicted octanol–water partition coefficient (Wildman–Crippen LogP) is 3.67. The summed E-state index contributed by atoms with van der Waals surface area (Å²) in [6.07, 6.45) is 4.74. The van der Waals surface area contributed by atoms with Crippen LogP contribution in [0, 0.1) is 0 Å². The molecule has 2 aromatic rings. The number of ether oxygens (including phenoxy) is 1. The first kappa shape index (κ1) is 19.4. The van der Waals surface area contributed by atoms with Crippen LogP contribution in [0.1, 0.15) is 31.2 Å². The summed E-state index contributed by atoms with van der Waals surface area (Å²) in [5.74, 6) is 0.971. The number of para-hydroxylation sites is 1. The van der Waals surface area contributed by atoms with Gasteiger partial charge >= 0.3 is 0 Å². The van der Waals surface area contributed by atoms with Crippen molar-refractivity contribution < 1.29 is 9.53 Å². The van der Waals surface area contributed by atoms with Crippen molar-refractivity contribution in [1.29, 1.82) is 0 Å². The Bertz CT molecular complexity index is 669. The van der Waals surface area contributed by atoms with Gasteiger partial charge < -0.3 is 10.1 Å². The van der Waals surface area contributed by atoms with Crippen molar-refractivity contribution in [3.8, 4) is 5.75 Å². The number of hydrogen-bond donors (Lipinski definition) is 1. The third-order valence-corrected chi connectivity index (χ3v) is 5.07. The summed E-state index contributed by atoms with van der Waals surface area (Å²) in [6.45, 7) is 3.56. The summed E-state index contributed by atoms with van der Waals surface area (Å²) in [7, 11) is 0. The smallest absolute Gasteiger partial charge is 0.220 e. The number of carbonyl (C=O) groups is 1. The van der Waals surface area contributed by atoms with Crippen LogP contribution in [0.25, 0.3) is 0 Å². The Hall–Kier alpha value is -2.33. The minimum Gasteiger partial charge on any atom is -0.494 e. The van der Waals surface area contributed by atoms with E-state index in [9.17, 15) is 4.79 Å². The van der Waals surface area contributed by atoms with Crippen molar-refractivity contribution >= 4 is 5.91 Å². The van der Waals surface area contributed by atoms with Crippen molar-refractivity contribution in [2.24, 2.45) is 0 Å². The Kier molecular flexibility index (Phi) is 7.72. The lowest BCUT2D eigenvalue weighted by molar-refractivity contribution is -0.121. The lowest BCUT2D eigenvalue weighted by Crippen LogP contribution is -2.44. The Morgan fingerprint density at radius 3 is 2.37 bits per heavy atom. The van der Waals surface area contributed by atoms with E-state index in [0.717, 1.165) is 31.7 Å². The molecule has 144 valence electrons. The molecule has 0 aromatic heterocycles. The monoisotopic (exact) mass is 366 g/mol. The lowest BCUT2D eigenvalue weighted by Gasteiger charge is -2.28. The van der Waals surface area contributed by atoms with Crippen LogP contribution >= 0.6 is 0 Å². The zero-order chi connectivity index (χ0) is 18.7. The normalized spacial score (nSPS) is 15.4. The minimum atomic E-state index is 0.115. The summed E-state index contributed by atoms with van der Waals surface area (Å²) < 4.78 is 5.65. The van der Waals surface area contributed by atoms with Gasteiger partial charge in [0, 0.05) is 19.0 Å². The van der Waals surface area contributed by atoms with Gasteiger partial charge in [-0.2, -0.15) is 0 Å². The van der Waals surface area contributed by atoms with Gasteiger partial charge in [0.15, 0.2) is 0 Å². The topological polar surface area (TPSA) is 41.6 Å². The molecule has 1 aliphatic rings. The summed E-state index contributed by atoms with van der Waals surface area (Å²) in [6, 6.07) is 20.7. The Labute approximate surface area is 162 Å². The fourth-order valence-corrected chi connectivity index (χ4v) is 3.58. The van der Waals surface area contributed by atoms with E-state index in [4.69, 9.17) is 4.74 Å². The van der Waals surface area contributed by atoms with Gasteiger partial charge in [-0.15, -0.1) is 0 Å². The van der Waals surface area contributed by atoms with E-state index in [2.05, 4.69) is 34.5 Å². The van der Waals surface area contributed by atoms with Gasteiger partial charge in [0.2, 0.25) is 5.91 Å². The molecule has 0 radical (unpaired) electrons. The number of rotatable bonds is 10. The molecule has 2 aromatic carbocycles. The average Bonchev–Trinajstić information content (AvgIpc) is 3.25. The van der Waals surface area contributed by atoms with Gasteiger partial charge in [-0.25, -0.2) is 0 Å². The van der Waals surface area contributed by atoms with Gasteiger partial charge in [-0.3, -0.25) is 9.69 Å². The molecular weight excluding hydrogens is 336 g/mol. The third-order valence-electron chi connectivity index (χ3n) is 5.07. The summed E-state index contributed by atoms with van der Waals surface area (Å²) in [5.41, 5.74) is 1.33. The van der Waals surface area contributed by atoms with E-state index in [-0.39, 0.29) is 5.91 Å². The molecule has 1 amide bonds. The highest BCUT2D eigenvalue weighted by Crippen LogP contribution is 2.15. The van der Waals surface area contributed by atoms with Gasteiger partial charge in [0.25, 0.3) is 0 Å². The molecule has 0 saturated carbocycles. The maximum absolute atomic E-state index is 12.2. The molecule has 1 atom stereocenters. The maximum Gasteiger partial charge on any atom is 0.220 e. The molecular formula is C23H30N2O2. The Balaban J connectivity index is 1.40. The van der Waals surface area contributed by atoms with E-state index in [1.54, 1.807) is 0 Å². The molecule has 0 spiro atoms. The number of nitrogens with zero attached hydrogens (tertiary/aromatic N) is 1. The summed E-state index contributed by atoms with van der Waals surface area (Å²) >= 11 is 0. The van der Waals surface area contributed by atoms with Crippen LogP contribution in [-0.2, 0) is 11.2 Å². The van der Waals surface area contributed by atoms with Gasteiger partial charge in [-0.05, 0) is 56.5 Å². The van der Waals surface area contributed by atoms with Crippen molar-refractivity contribution in [2.45, 2.75) is 38.1 Å². The van der Waals surface area contributed by atoms with Crippen molar-refractivity contribution in [3.05, 3.63) is 66.2 Å². The van der Waals surface area contributed by atoms with Crippen LogP contribution in [0.2, 0.25) is 0 Å². The first-order valence-corrected chi connectivity index (χ1v) is 10.0. The van der Waals surface area contributed by atoms with Crippen molar-refractivity contribution in [2.75, 3.05) is 26.2 Å². The van der Waals surface area contributed by atoms with E-state index < -0.39 is 0 Å². The maximum atomic E-state index is 12.2. The number of hydrogen-bond acceptors (Lipinski definition) is 3. The lowest BCUT2D eigenvalue weighted by atomic mass is 10.0. The van der Waals surface area contributed by atoms with Crippen LogP contribution in [0.5, 0.6) is 5.75 Å². The zero-order valence-electron chi connectivity index (χ0n) is 16.0.